The van der Waals surface area contributed by atoms with Crippen LogP contribution in [0.5, 0.6) is 0 Å². The molecule has 0 radical (unpaired) electrons. The molecule has 1 aromatic heterocycles. The van der Waals surface area contributed by atoms with Crippen molar-refractivity contribution in [2.45, 2.75) is 12.1 Å². The Bertz CT molecular complexity index is 188. The molecule has 0 aliphatic carbocycles. The van der Waals surface area contributed by atoms with Crippen LogP contribution in [0.1, 0.15) is 6.92 Å². The van der Waals surface area contributed by atoms with Crippen molar-refractivity contribution in [3.05, 3.63) is 4.47 Å². The maximum Gasteiger partial charge on any atom is 0.204 e. The molecule has 0 bridgehead atoms. The quantitative estimate of drug-likeness (QED) is 0.654. The Kier molecular flexibility index (Phi) is 2.75. The summed E-state index contributed by atoms with van der Waals surface area (Å²) >= 11 is 8.36. The lowest BCUT2D eigenvalue weighted by Gasteiger charge is -1.83. The normalized spacial score (nSPS) is 10.0. The lowest BCUT2D eigenvalue weighted by molar-refractivity contribution is 1.08. The van der Waals surface area contributed by atoms with Crippen LogP contribution in [0.4, 0.5) is 0 Å². The highest BCUT2D eigenvalue weighted by Gasteiger charge is 1.98. The van der Waals surface area contributed by atoms with E-state index in [9.17, 15) is 0 Å². The molecule has 1 rings (SSSR count). The summed E-state index contributed by atoms with van der Waals surface area (Å²) in [5.41, 5.74) is 0. The van der Waals surface area contributed by atoms with Crippen molar-refractivity contribution in [1.29, 1.82) is 0 Å². The lowest BCUT2D eigenvalue weighted by Crippen LogP contribution is -1.72. The van der Waals surface area contributed by atoms with Crippen LogP contribution in [-0.2, 0) is 0 Å². The van der Waals surface area contributed by atoms with Gasteiger partial charge in [-0.3, -0.25) is 0 Å². The van der Waals surface area contributed by atoms with Gasteiger partial charge in [0.05, 0.1) is 0 Å². The Balaban J connectivity index is 2.61. The van der Waals surface area contributed by atoms with E-state index >= 15 is 0 Å². The fourth-order valence-corrected chi connectivity index (χ4v) is 1.73. The zero-order valence-electron chi connectivity index (χ0n) is 4.80. The van der Waals surface area contributed by atoms with Gasteiger partial charge in [-0.15, -0.1) is 0 Å². The minimum absolute atomic E-state index is 0.519. The van der Waals surface area contributed by atoms with Crippen molar-refractivity contribution in [3.63, 3.8) is 0 Å². The Morgan fingerprint density at radius 3 is 3.00 bits per heavy atom. The van der Waals surface area contributed by atoms with Crippen LogP contribution < -0.4 is 0 Å². The summed E-state index contributed by atoms with van der Waals surface area (Å²) in [7, 11) is 0. The zero-order valence-corrected chi connectivity index (χ0v) is 7.18. The minimum atomic E-state index is 0.519. The van der Waals surface area contributed by atoms with Crippen molar-refractivity contribution in [2.75, 3.05) is 5.75 Å². The van der Waals surface area contributed by atoms with Gasteiger partial charge in [-0.2, -0.15) is 9.36 Å². The standard InChI is InChI=1S/C4H5ClN2S2/c1-2-8-4-6-3(5)9-7-4/h2H2,1H3. The molecule has 1 heterocycles. The van der Waals surface area contributed by atoms with Gasteiger partial charge in [0.1, 0.15) is 0 Å². The minimum Gasteiger partial charge on any atom is -0.198 e. The molecular weight excluding hydrogens is 176 g/mol. The molecule has 2 nitrogen and oxygen atoms in total. The Morgan fingerprint density at radius 2 is 2.56 bits per heavy atom. The van der Waals surface area contributed by atoms with Gasteiger partial charge in [0.2, 0.25) is 9.62 Å². The predicted molar refractivity (Wildman–Crippen MR) is 41.3 cm³/mol. The van der Waals surface area contributed by atoms with Crippen molar-refractivity contribution in [2.24, 2.45) is 0 Å². The first kappa shape index (κ1) is 7.31. The monoisotopic (exact) mass is 180 g/mol. The van der Waals surface area contributed by atoms with Gasteiger partial charge >= 0.3 is 0 Å². The van der Waals surface area contributed by atoms with Crippen LogP contribution in [0, 0.1) is 0 Å². The van der Waals surface area contributed by atoms with Crippen LogP contribution in [0.3, 0.4) is 0 Å². The molecule has 5 heteroatoms. The number of hydrogen-bond acceptors (Lipinski definition) is 4. The van der Waals surface area contributed by atoms with Gasteiger partial charge in [0, 0.05) is 0 Å². The van der Waals surface area contributed by atoms with E-state index in [2.05, 4.69) is 16.3 Å². The van der Waals surface area contributed by atoms with Crippen molar-refractivity contribution >= 4 is 34.9 Å². The number of rotatable bonds is 2. The number of thioether (sulfide) groups is 1. The van der Waals surface area contributed by atoms with Crippen LogP contribution in [0.2, 0.25) is 4.47 Å². The third kappa shape index (κ3) is 2.12. The van der Waals surface area contributed by atoms with Crippen molar-refractivity contribution in [3.8, 4) is 0 Å². The molecule has 9 heavy (non-hydrogen) atoms. The molecule has 0 N–H and O–H groups in total. The average molecular weight is 181 g/mol. The van der Waals surface area contributed by atoms with Crippen LogP contribution in [0.25, 0.3) is 0 Å². The fourth-order valence-electron chi connectivity index (χ4n) is 0.380. The average Bonchev–Trinajstić information content (AvgIpc) is 2.17. The molecular formula is C4H5ClN2S2. The second kappa shape index (κ2) is 3.39. The van der Waals surface area contributed by atoms with Crippen molar-refractivity contribution in [1.82, 2.24) is 9.36 Å². The van der Waals surface area contributed by atoms with Crippen LogP contribution >= 0.6 is 34.9 Å². The zero-order chi connectivity index (χ0) is 6.69. The number of aromatic nitrogens is 2. The molecule has 0 aliphatic heterocycles. The number of nitrogens with zero attached hydrogens (tertiary/aromatic N) is 2. The van der Waals surface area contributed by atoms with E-state index < -0.39 is 0 Å². The van der Waals surface area contributed by atoms with E-state index in [4.69, 9.17) is 11.6 Å². The molecule has 0 fully saturated rings. The maximum atomic E-state index is 5.53. The molecule has 1 aromatic rings. The van der Waals surface area contributed by atoms with E-state index in [-0.39, 0.29) is 0 Å². The van der Waals surface area contributed by atoms with Gasteiger partial charge in [-0.25, -0.2) is 0 Å². The highest BCUT2D eigenvalue weighted by atomic mass is 35.5. The first-order valence-electron chi connectivity index (χ1n) is 2.45. The number of hydrogen-bond donors (Lipinski definition) is 0. The van der Waals surface area contributed by atoms with E-state index in [1.54, 1.807) is 11.8 Å². The predicted octanol–water partition coefficient (Wildman–Crippen LogP) is 2.30. The third-order valence-electron chi connectivity index (χ3n) is 0.656. The molecule has 0 unspecified atom stereocenters. The van der Waals surface area contributed by atoms with Gasteiger partial charge in [-0.1, -0.05) is 18.7 Å². The second-order valence-electron chi connectivity index (χ2n) is 1.26. The molecule has 0 saturated carbocycles. The molecule has 0 aromatic carbocycles. The summed E-state index contributed by atoms with van der Waals surface area (Å²) in [5, 5.41) is 0.785. The first-order chi connectivity index (χ1) is 4.33. The molecule has 0 spiro atoms. The summed E-state index contributed by atoms with van der Waals surface area (Å²) < 4.78 is 4.49. The summed E-state index contributed by atoms with van der Waals surface area (Å²) in [5.74, 6) is 0.993. The SMILES string of the molecule is CCSc1nsc(Cl)n1. The van der Waals surface area contributed by atoms with Gasteiger partial charge in [0.15, 0.2) is 0 Å². The topological polar surface area (TPSA) is 25.8 Å². The fraction of sp³-hybridized carbons (Fsp3) is 0.500. The Labute approximate surface area is 66.8 Å². The van der Waals surface area contributed by atoms with E-state index in [0.29, 0.717) is 4.47 Å². The van der Waals surface area contributed by atoms with Crippen LogP contribution in [0.15, 0.2) is 5.16 Å². The van der Waals surface area contributed by atoms with Crippen LogP contribution in [-0.4, -0.2) is 15.1 Å². The number of halogens is 1. The Morgan fingerprint density at radius 1 is 1.78 bits per heavy atom. The maximum absolute atomic E-state index is 5.53. The van der Waals surface area contributed by atoms with E-state index in [1.165, 1.54) is 11.5 Å². The van der Waals surface area contributed by atoms with Gasteiger partial charge in [0.25, 0.3) is 0 Å². The van der Waals surface area contributed by atoms with E-state index in [1.807, 2.05) is 0 Å². The highest BCUT2D eigenvalue weighted by Crippen LogP contribution is 2.18. The molecule has 50 valence electrons. The summed E-state index contributed by atoms with van der Waals surface area (Å²) in [6.07, 6.45) is 0. The van der Waals surface area contributed by atoms with Gasteiger partial charge in [-0.05, 0) is 28.9 Å². The summed E-state index contributed by atoms with van der Waals surface area (Å²) in [4.78, 5) is 3.94. The first-order valence-corrected chi connectivity index (χ1v) is 4.58. The summed E-state index contributed by atoms with van der Waals surface area (Å²) in [6, 6.07) is 0. The Hall–Kier alpha value is 0.200. The van der Waals surface area contributed by atoms with E-state index in [0.717, 1.165) is 10.9 Å². The highest BCUT2D eigenvalue weighted by molar-refractivity contribution is 7.99. The summed E-state index contributed by atoms with van der Waals surface area (Å²) in [6.45, 7) is 2.06. The lowest BCUT2D eigenvalue weighted by atomic mass is 11.0. The third-order valence-corrected chi connectivity index (χ3v) is 2.30. The second-order valence-corrected chi connectivity index (χ2v) is 3.83. The molecule has 0 aliphatic rings. The molecule has 0 amide bonds. The van der Waals surface area contributed by atoms with Gasteiger partial charge < -0.3 is 0 Å². The smallest absolute Gasteiger partial charge is 0.198 e. The molecule has 0 atom stereocenters. The largest absolute Gasteiger partial charge is 0.204 e. The molecule has 0 saturated heterocycles. The van der Waals surface area contributed by atoms with Crippen molar-refractivity contribution < 1.29 is 0 Å².